The molecule has 0 aliphatic rings. The highest BCUT2D eigenvalue weighted by atomic mass is 35.5. The molecule has 0 bridgehead atoms. The fraction of sp³-hybridized carbons (Fsp3) is 0.250. The van der Waals surface area contributed by atoms with Crippen LogP contribution in [-0.2, 0) is 0 Å². The molecule has 5 heteroatoms. The van der Waals surface area contributed by atoms with Crippen molar-refractivity contribution in [1.29, 1.82) is 0 Å². The lowest BCUT2D eigenvalue weighted by Gasteiger charge is -2.10. The Labute approximate surface area is 129 Å². The third-order valence-electron chi connectivity index (χ3n) is 3.18. The molecular formula is C16H18ClN3O. The van der Waals surface area contributed by atoms with Gasteiger partial charge in [0.05, 0.1) is 5.02 Å². The van der Waals surface area contributed by atoms with E-state index in [1.54, 1.807) is 12.1 Å². The Hall–Kier alpha value is -2.07. The highest BCUT2D eigenvalue weighted by molar-refractivity contribution is 6.34. The van der Waals surface area contributed by atoms with Gasteiger partial charge in [0.1, 0.15) is 11.5 Å². The average Bonchev–Trinajstić information content (AvgIpc) is 2.45. The molecule has 2 aromatic rings. The first-order chi connectivity index (χ1) is 10.0. The minimum absolute atomic E-state index is 0.216. The van der Waals surface area contributed by atoms with Crippen molar-refractivity contribution >= 4 is 29.0 Å². The monoisotopic (exact) mass is 303 g/mol. The highest BCUT2D eigenvalue weighted by Gasteiger charge is 2.13. The molecule has 0 saturated heterocycles. The van der Waals surface area contributed by atoms with Crippen molar-refractivity contribution < 1.29 is 4.79 Å². The number of carbonyl (C=O) groups excluding carboxylic acids is 1. The van der Waals surface area contributed by atoms with Crippen LogP contribution in [-0.4, -0.2) is 17.4 Å². The van der Waals surface area contributed by atoms with E-state index in [-0.39, 0.29) is 11.6 Å². The maximum atomic E-state index is 12.3. The molecule has 2 rings (SSSR count). The zero-order valence-electron chi connectivity index (χ0n) is 12.3. The molecule has 110 valence electrons. The summed E-state index contributed by atoms with van der Waals surface area (Å²) in [6.45, 7) is 6.72. The highest BCUT2D eigenvalue weighted by Crippen LogP contribution is 2.19. The second-order valence-corrected chi connectivity index (χ2v) is 5.22. The molecule has 1 aromatic heterocycles. The predicted octanol–water partition coefficient (Wildman–Crippen LogP) is 4.04. The van der Waals surface area contributed by atoms with Crippen LogP contribution in [0.3, 0.4) is 0 Å². The molecule has 4 nitrogen and oxygen atoms in total. The average molecular weight is 304 g/mol. The van der Waals surface area contributed by atoms with Crippen LogP contribution in [0.4, 0.5) is 11.5 Å². The number of rotatable bonds is 4. The standard InChI is InChI=1S/C16H18ClN3O/c1-4-18-14-8-7-13(17)15(20-14)16(21)19-12-6-5-10(2)11(3)9-12/h5-9H,4H2,1-3H3,(H,18,20)(H,19,21). The number of amides is 1. The number of nitrogens with one attached hydrogen (secondary N) is 2. The van der Waals surface area contributed by atoms with E-state index in [1.165, 1.54) is 5.56 Å². The molecule has 0 fully saturated rings. The Bertz CT molecular complexity index is 671. The fourth-order valence-corrected chi connectivity index (χ4v) is 2.08. The molecule has 0 atom stereocenters. The van der Waals surface area contributed by atoms with E-state index >= 15 is 0 Å². The molecule has 1 amide bonds. The van der Waals surface area contributed by atoms with Gasteiger partial charge < -0.3 is 10.6 Å². The Morgan fingerprint density at radius 1 is 1.19 bits per heavy atom. The Morgan fingerprint density at radius 2 is 1.95 bits per heavy atom. The first kappa shape index (κ1) is 15.3. The minimum atomic E-state index is -0.317. The van der Waals surface area contributed by atoms with Gasteiger partial charge in [0.15, 0.2) is 0 Å². The zero-order valence-corrected chi connectivity index (χ0v) is 13.1. The summed E-state index contributed by atoms with van der Waals surface area (Å²) in [4.78, 5) is 16.5. The van der Waals surface area contributed by atoms with Gasteiger partial charge in [-0.3, -0.25) is 4.79 Å². The summed E-state index contributed by atoms with van der Waals surface area (Å²) >= 11 is 6.06. The number of aryl methyl sites for hydroxylation is 2. The first-order valence-electron chi connectivity index (χ1n) is 6.80. The van der Waals surface area contributed by atoms with Crippen molar-refractivity contribution in [2.45, 2.75) is 20.8 Å². The largest absolute Gasteiger partial charge is 0.370 e. The van der Waals surface area contributed by atoms with Crippen LogP contribution in [0, 0.1) is 13.8 Å². The van der Waals surface area contributed by atoms with E-state index in [9.17, 15) is 4.79 Å². The lowest BCUT2D eigenvalue weighted by Crippen LogP contribution is -2.15. The van der Waals surface area contributed by atoms with Crippen molar-refractivity contribution in [3.05, 3.63) is 52.2 Å². The van der Waals surface area contributed by atoms with Crippen LogP contribution in [0.5, 0.6) is 0 Å². The Kier molecular flexibility index (Phi) is 4.81. The minimum Gasteiger partial charge on any atom is -0.370 e. The molecule has 0 aliphatic heterocycles. The van der Waals surface area contributed by atoms with E-state index in [0.717, 1.165) is 17.8 Å². The summed E-state index contributed by atoms with van der Waals surface area (Å²) < 4.78 is 0. The normalized spacial score (nSPS) is 10.3. The van der Waals surface area contributed by atoms with Gasteiger partial charge in [-0.05, 0) is 56.2 Å². The van der Waals surface area contributed by atoms with Gasteiger partial charge >= 0.3 is 0 Å². The number of pyridine rings is 1. The molecule has 1 aromatic carbocycles. The quantitative estimate of drug-likeness (QED) is 0.896. The van der Waals surface area contributed by atoms with E-state index in [4.69, 9.17) is 11.6 Å². The number of aromatic nitrogens is 1. The lowest BCUT2D eigenvalue weighted by atomic mass is 10.1. The number of carbonyl (C=O) groups is 1. The number of benzene rings is 1. The molecule has 0 unspecified atom stereocenters. The van der Waals surface area contributed by atoms with Gasteiger partial charge in [-0.1, -0.05) is 17.7 Å². The van der Waals surface area contributed by atoms with Gasteiger partial charge in [-0.2, -0.15) is 0 Å². The number of hydrogen-bond acceptors (Lipinski definition) is 3. The lowest BCUT2D eigenvalue weighted by molar-refractivity contribution is 0.102. The number of anilines is 2. The van der Waals surface area contributed by atoms with Gasteiger partial charge in [0.2, 0.25) is 0 Å². The van der Waals surface area contributed by atoms with Crippen molar-refractivity contribution in [3.8, 4) is 0 Å². The first-order valence-corrected chi connectivity index (χ1v) is 7.18. The Balaban J connectivity index is 2.23. The summed E-state index contributed by atoms with van der Waals surface area (Å²) in [5, 5.41) is 6.21. The summed E-state index contributed by atoms with van der Waals surface area (Å²) in [6, 6.07) is 9.17. The summed E-state index contributed by atoms with van der Waals surface area (Å²) in [6.07, 6.45) is 0. The SMILES string of the molecule is CCNc1ccc(Cl)c(C(=O)Nc2ccc(C)c(C)c2)n1. The van der Waals surface area contributed by atoms with Crippen LogP contribution in [0.25, 0.3) is 0 Å². The Morgan fingerprint density at radius 3 is 2.62 bits per heavy atom. The molecule has 0 radical (unpaired) electrons. The van der Waals surface area contributed by atoms with Crippen molar-refractivity contribution in [3.63, 3.8) is 0 Å². The van der Waals surface area contributed by atoms with Crippen molar-refractivity contribution in [2.75, 3.05) is 17.2 Å². The van der Waals surface area contributed by atoms with Gasteiger partial charge in [0.25, 0.3) is 5.91 Å². The second kappa shape index (κ2) is 6.59. The molecule has 0 saturated carbocycles. The zero-order chi connectivity index (χ0) is 15.4. The van der Waals surface area contributed by atoms with Crippen molar-refractivity contribution in [1.82, 2.24) is 4.98 Å². The molecule has 0 spiro atoms. The van der Waals surface area contributed by atoms with Crippen LogP contribution >= 0.6 is 11.6 Å². The predicted molar refractivity (Wildman–Crippen MR) is 87.3 cm³/mol. The van der Waals surface area contributed by atoms with Crippen LogP contribution < -0.4 is 10.6 Å². The maximum absolute atomic E-state index is 12.3. The fourth-order valence-electron chi connectivity index (χ4n) is 1.89. The molecule has 0 aliphatic carbocycles. The molecular weight excluding hydrogens is 286 g/mol. The van der Waals surface area contributed by atoms with Crippen molar-refractivity contribution in [2.24, 2.45) is 0 Å². The van der Waals surface area contributed by atoms with E-state index in [2.05, 4.69) is 15.6 Å². The number of nitrogens with zero attached hydrogens (tertiary/aromatic N) is 1. The van der Waals surface area contributed by atoms with E-state index in [0.29, 0.717) is 10.8 Å². The maximum Gasteiger partial charge on any atom is 0.275 e. The van der Waals surface area contributed by atoms with Crippen LogP contribution in [0.15, 0.2) is 30.3 Å². The molecule has 1 heterocycles. The summed E-state index contributed by atoms with van der Waals surface area (Å²) in [7, 11) is 0. The van der Waals surface area contributed by atoms with Gasteiger partial charge in [0, 0.05) is 12.2 Å². The van der Waals surface area contributed by atoms with E-state index in [1.807, 2.05) is 39.0 Å². The number of halogens is 1. The topological polar surface area (TPSA) is 54.0 Å². The molecule has 2 N–H and O–H groups in total. The number of hydrogen-bond donors (Lipinski definition) is 2. The summed E-state index contributed by atoms with van der Waals surface area (Å²) in [5.41, 5.74) is 3.25. The summed E-state index contributed by atoms with van der Waals surface area (Å²) in [5.74, 6) is 0.315. The smallest absolute Gasteiger partial charge is 0.275 e. The van der Waals surface area contributed by atoms with Gasteiger partial charge in [-0.25, -0.2) is 4.98 Å². The van der Waals surface area contributed by atoms with Gasteiger partial charge in [-0.15, -0.1) is 0 Å². The molecule has 21 heavy (non-hydrogen) atoms. The third kappa shape index (κ3) is 3.73. The van der Waals surface area contributed by atoms with Crippen LogP contribution in [0.2, 0.25) is 5.02 Å². The van der Waals surface area contributed by atoms with Crippen LogP contribution in [0.1, 0.15) is 28.5 Å². The second-order valence-electron chi connectivity index (χ2n) is 4.81. The third-order valence-corrected chi connectivity index (χ3v) is 3.49. The van der Waals surface area contributed by atoms with E-state index < -0.39 is 0 Å².